The summed E-state index contributed by atoms with van der Waals surface area (Å²) >= 11 is 0. The normalized spacial score (nSPS) is 19.9. The number of para-hydroxylation sites is 2. The Kier molecular flexibility index (Phi) is 7.06. The maximum atomic E-state index is 13.0. The molecule has 2 atom stereocenters. The van der Waals surface area contributed by atoms with Crippen LogP contribution >= 0.6 is 0 Å². The molecule has 5 aromatic carbocycles. The second-order valence-corrected chi connectivity index (χ2v) is 12.1. The summed E-state index contributed by atoms with van der Waals surface area (Å²) in [5, 5.41) is 14.9. The van der Waals surface area contributed by atoms with Crippen LogP contribution in [0.15, 0.2) is 148 Å². The number of anilines is 3. The average Bonchev–Trinajstić information content (AvgIpc) is 3.69. The molecule has 9 rings (SSSR count). The van der Waals surface area contributed by atoms with Crippen LogP contribution in [0.3, 0.4) is 0 Å². The molecule has 2 amide bonds. The minimum Gasteiger partial charge on any atom is -0.271 e. The number of nitrogens with zero attached hydrogens (tertiary/aromatic N) is 6. The summed E-state index contributed by atoms with van der Waals surface area (Å²) in [5.41, 5.74) is 8.13. The van der Waals surface area contributed by atoms with Crippen molar-refractivity contribution in [2.75, 3.05) is 14.9 Å². The Balaban J connectivity index is 0.000000144. The number of carbonyl (C=O) groups is 2. The number of carbonyl (C=O) groups excluding carboxylic acids is 2. The lowest BCUT2D eigenvalue weighted by atomic mass is 9.95. The summed E-state index contributed by atoms with van der Waals surface area (Å²) in [7, 11) is 0. The van der Waals surface area contributed by atoms with Crippen molar-refractivity contribution in [2.45, 2.75) is 26.8 Å². The molecule has 0 radical (unpaired) electrons. The first-order valence-corrected chi connectivity index (χ1v) is 16.0. The minimum atomic E-state index is -0.358. The van der Waals surface area contributed by atoms with E-state index in [4.69, 9.17) is 10.1 Å². The number of amidine groups is 1. The van der Waals surface area contributed by atoms with Crippen molar-refractivity contribution in [1.29, 1.82) is 0 Å². The van der Waals surface area contributed by atoms with Crippen LogP contribution in [0.5, 0.6) is 0 Å². The van der Waals surface area contributed by atoms with Crippen molar-refractivity contribution >= 4 is 62.6 Å². The van der Waals surface area contributed by atoms with E-state index in [-0.39, 0.29) is 23.8 Å². The van der Waals surface area contributed by atoms with Crippen molar-refractivity contribution in [1.82, 2.24) is 0 Å². The fourth-order valence-electron chi connectivity index (χ4n) is 6.80. The third-order valence-corrected chi connectivity index (χ3v) is 9.18. The van der Waals surface area contributed by atoms with Gasteiger partial charge < -0.3 is 0 Å². The van der Waals surface area contributed by atoms with Gasteiger partial charge in [0.05, 0.1) is 51.7 Å². The molecule has 0 spiro atoms. The molecule has 4 aliphatic rings. The molecule has 5 aromatic rings. The molecule has 4 heterocycles. The molecule has 0 fully saturated rings. The van der Waals surface area contributed by atoms with Crippen LogP contribution in [0.1, 0.15) is 36.7 Å². The summed E-state index contributed by atoms with van der Waals surface area (Å²) in [6.45, 7) is 6.01. The minimum absolute atomic E-state index is 0.00588. The second-order valence-electron chi connectivity index (χ2n) is 12.1. The second kappa shape index (κ2) is 11.6. The van der Waals surface area contributed by atoms with E-state index in [9.17, 15) is 9.59 Å². The van der Waals surface area contributed by atoms with E-state index in [0.29, 0.717) is 0 Å². The van der Waals surface area contributed by atoms with Crippen LogP contribution in [-0.4, -0.2) is 35.1 Å². The van der Waals surface area contributed by atoms with Gasteiger partial charge in [-0.25, -0.2) is 4.99 Å². The Bertz CT molecular complexity index is 2230. The van der Waals surface area contributed by atoms with Crippen molar-refractivity contribution in [2.24, 2.45) is 21.1 Å². The predicted molar refractivity (Wildman–Crippen MR) is 193 cm³/mol. The molecule has 0 bridgehead atoms. The van der Waals surface area contributed by atoms with Crippen LogP contribution in [0.4, 0.5) is 22.7 Å². The molecular formula is C40H32N6O2. The first-order chi connectivity index (χ1) is 23.4. The molecule has 2 unspecified atom stereocenters. The van der Waals surface area contributed by atoms with Gasteiger partial charge in [-0.2, -0.15) is 15.2 Å². The number of rotatable bonds is 3. The molecule has 8 nitrogen and oxygen atoms in total. The first kappa shape index (κ1) is 29.3. The lowest BCUT2D eigenvalue weighted by Crippen LogP contribution is -2.31. The maximum absolute atomic E-state index is 13.0. The zero-order chi connectivity index (χ0) is 32.9. The van der Waals surface area contributed by atoms with E-state index < -0.39 is 0 Å². The number of hydrogen-bond acceptors (Lipinski definition) is 6. The Hall–Kier alpha value is -6.15. The first-order valence-electron chi connectivity index (χ1n) is 16.0. The highest BCUT2D eigenvalue weighted by molar-refractivity contribution is 6.39. The van der Waals surface area contributed by atoms with E-state index in [1.54, 1.807) is 4.90 Å². The van der Waals surface area contributed by atoms with Crippen LogP contribution in [0.25, 0.3) is 10.8 Å². The van der Waals surface area contributed by atoms with Crippen molar-refractivity contribution in [3.05, 3.63) is 144 Å². The number of fused-ring (bicyclic) bond motifs is 4. The van der Waals surface area contributed by atoms with Gasteiger partial charge in [0, 0.05) is 10.9 Å². The molecule has 8 heteroatoms. The van der Waals surface area contributed by atoms with Gasteiger partial charge in [0.2, 0.25) is 0 Å². The Morgan fingerprint density at radius 3 is 2.06 bits per heavy atom. The Morgan fingerprint density at radius 1 is 0.688 bits per heavy atom. The van der Waals surface area contributed by atoms with Gasteiger partial charge in [0.25, 0.3) is 11.8 Å². The molecule has 0 aromatic heterocycles. The molecule has 0 N–H and O–H groups in total. The number of amides is 2. The molecule has 234 valence electrons. The third kappa shape index (κ3) is 4.72. The average molecular weight is 629 g/mol. The highest BCUT2D eigenvalue weighted by Crippen LogP contribution is 2.43. The topological polar surface area (TPSA) is 80.9 Å². The van der Waals surface area contributed by atoms with E-state index in [1.807, 2.05) is 134 Å². The van der Waals surface area contributed by atoms with Crippen molar-refractivity contribution in [3.63, 3.8) is 0 Å². The van der Waals surface area contributed by atoms with Gasteiger partial charge in [-0.15, -0.1) is 0 Å². The molecule has 4 aliphatic heterocycles. The van der Waals surface area contributed by atoms with Gasteiger partial charge in [0.15, 0.2) is 0 Å². The fraction of sp³-hybridized carbons (Fsp3) is 0.125. The van der Waals surface area contributed by atoms with E-state index in [2.05, 4.69) is 24.2 Å². The van der Waals surface area contributed by atoms with E-state index >= 15 is 0 Å². The number of hydrogen-bond donors (Lipinski definition) is 0. The van der Waals surface area contributed by atoms with E-state index in [1.165, 1.54) is 5.01 Å². The summed E-state index contributed by atoms with van der Waals surface area (Å²) in [6.07, 6.45) is 2.02. The van der Waals surface area contributed by atoms with Gasteiger partial charge in [0.1, 0.15) is 5.84 Å². The van der Waals surface area contributed by atoms with Gasteiger partial charge in [-0.3, -0.25) is 19.5 Å². The van der Waals surface area contributed by atoms with Crippen molar-refractivity contribution < 1.29 is 9.59 Å². The highest BCUT2D eigenvalue weighted by Gasteiger charge is 2.38. The monoisotopic (exact) mass is 628 g/mol. The summed E-state index contributed by atoms with van der Waals surface area (Å²) in [5.74, 6) is 0.362. The zero-order valence-electron chi connectivity index (χ0n) is 26.8. The number of aliphatic imine (C=N–C) groups is 1. The SMILES string of the molecule is CC1=NN(c2ccccc2)C(C)/C1=C/C1C(=O)N(c2ccccc2)N=C1C.O=C1c2ccccc2C2=Nc3cccc4cccc(c34)N12. The fourth-order valence-corrected chi connectivity index (χ4v) is 6.80. The standard InChI is InChI=1S/C22H22N4O.C18H10N2O/c1-15-20(17(3)25(23-15)18-10-6-4-7-11-18)14-21-16(2)24-26(22(21)27)19-12-8-5-9-13-19;21-18-13-8-2-1-7-12(13)17-19-14-9-3-5-11-6-4-10-15(16(11)14)20(17)18/h4-14,17,21H,1-3H3;1-10H/b20-14+;. The Labute approximate surface area is 278 Å². The zero-order valence-corrected chi connectivity index (χ0v) is 26.8. The molecule has 0 saturated heterocycles. The Morgan fingerprint density at radius 2 is 1.33 bits per heavy atom. The number of benzene rings is 5. The van der Waals surface area contributed by atoms with Crippen LogP contribution < -0.4 is 14.9 Å². The molecular weight excluding hydrogens is 596 g/mol. The number of hydrazone groups is 2. The summed E-state index contributed by atoms with van der Waals surface area (Å²) in [4.78, 5) is 32.2. The van der Waals surface area contributed by atoms with Crippen LogP contribution in [-0.2, 0) is 4.79 Å². The van der Waals surface area contributed by atoms with Crippen molar-refractivity contribution in [3.8, 4) is 0 Å². The summed E-state index contributed by atoms with van der Waals surface area (Å²) < 4.78 is 0. The third-order valence-electron chi connectivity index (χ3n) is 9.18. The quantitative estimate of drug-likeness (QED) is 0.202. The lowest BCUT2D eigenvalue weighted by molar-refractivity contribution is -0.118. The van der Waals surface area contributed by atoms with E-state index in [0.717, 1.165) is 67.5 Å². The van der Waals surface area contributed by atoms with Crippen LogP contribution in [0.2, 0.25) is 0 Å². The summed E-state index contributed by atoms with van der Waals surface area (Å²) in [6, 6.07) is 39.4. The maximum Gasteiger partial charge on any atom is 0.264 e. The van der Waals surface area contributed by atoms with Gasteiger partial charge in [-0.1, -0.05) is 84.9 Å². The highest BCUT2D eigenvalue weighted by atomic mass is 16.2. The van der Waals surface area contributed by atoms with Crippen LogP contribution in [0, 0.1) is 5.92 Å². The smallest absolute Gasteiger partial charge is 0.264 e. The van der Waals surface area contributed by atoms with Gasteiger partial charge in [-0.05, 0) is 74.2 Å². The molecule has 48 heavy (non-hydrogen) atoms. The molecule has 0 aliphatic carbocycles. The molecule has 0 saturated carbocycles. The lowest BCUT2D eigenvalue weighted by Gasteiger charge is -2.24. The van der Waals surface area contributed by atoms with Gasteiger partial charge >= 0.3 is 0 Å². The predicted octanol–water partition coefficient (Wildman–Crippen LogP) is 8.13. The largest absolute Gasteiger partial charge is 0.271 e.